The van der Waals surface area contributed by atoms with Gasteiger partial charge in [-0.3, -0.25) is 14.5 Å². The van der Waals surface area contributed by atoms with Crippen molar-refractivity contribution in [2.24, 2.45) is 0 Å². The molecule has 1 saturated heterocycles. The minimum atomic E-state index is -0.543. The molecular formula is C28H27N3O3S. The first-order chi connectivity index (χ1) is 16.9. The highest BCUT2D eigenvalue weighted by molar-refractivity contribution is 8.05. The largest absolute Gasteiger partial charge is 0.467 e. The smallest absolute Gasteiger partial charge is 0.265 e. The van der Waals surface area contributed by atoms with E-state index in [2.05, 4.69) is 19.2 Å². The molecule has 2 heterocycles. The Bertz CT molecular complexity index is 1270. The second kappa shape index (κ2) is 10.7. The van der Waals surface area contributed by atoms with Crippen molar-refractivity contribution in [1.29, 1.82) is 5.26 Å². The van der Waals surface area contributed by atoms with Crippen LogP contribution < -0.4 is 10.2 Å². The molecule has 0 bridgehead atoms. The summed E-state index contributed by atoms with van der Waals surface area (Å²) < 4.78 is 5.27. The van der Waals surface area contributed by atoms with E-state index < -0.39 is 11.2 Å². The first-order valence-electron chi connectivity index (χ1n) is 11.5. The summed E-state index contributed by atoms with van der Waals surface area (Å²) in [5.41, 5.74) is 3.87. The van der Waals surface area contributed by atoms with Crippen LogP contribution in [-0.4, -0.2) is 17.1 Å². The maximum absolute atomic E-state index is 13.6. The van der Waals surface area contributed by atoms with Crippen molar-refractivity contribution in [2.75, 3.05) is 4.90 Å². The van der Waals surface area contributed by atoms with Crippen LogP contribution in [0, 0.1) is 18.3 Å². The van der Waals surface area contributed by atoms with Gasteiger partial charge in [0.15, 0.2) is 0 Å². The molecule has 4 rings (SSSR count). The molecule has 35 heavy (non-hydrogen) atoms. The summed E-state index contributed by atoms with van der Waals surface area (Å²) in [6.45, 7) is 6.37. The summed E-state index contributed by atoms with van der Waals surface area (Å²) in [5.74, 6) is 0.238. The minimum absolute atomic E-state index is 0.0887. The molecule has 7 heteroatoms. The van der Waals surface area contributed by atoms with Crippen molar-refractivity contribution in [3.8, 4) is 6.07 Å². The predicted octanol–water partition coefficient (Wildman–Crippen LogP) is 5.45. The number of rotatable bonds is 7. The maximum atomic E-state index is 13.6. The Kier molecular flexibility index (Phi) is 7.42. The van der Waals surface area contributed by atoms with Gasteiger partial charge in [-0.15, -0.1) is 0 Å². The highest BCUT2D eigenvalue weighted by Gasteiger charge is 2.40. The van der Waals surface area contributed by atoms with Crippen molar-refractivity contribution >= 4 is 29.3 Å². The lowest BCUT2D eigenvalue weighted by molar-refractivity contribution is -0.117. The summed E-state index contributed by atoms with van der Waals surface area (Å²) >= 11 is 1.26. The van der Waals surface area contributed by atoms with Crippen LogP contribution in [0.3, 0.4) is 0 Å². The van der Waals surface area contributed by atoms with Crippen LogP contribution >= 0.6 is 11.8 Å². The second-order valence-electron chi connectivity index (χ2n) is 8.77. The van der Waals surface area contributed by atoms with E-state index in [4.69, 9.17) is 4.42 Å². The van der Waals surface area contributed by atoms with E-state index in [1.54, 1.807) is 12.1 Å². The number of benzene rings is 2. The van der Waals surface area contributed by atoms with E-state index >= 15 is 0 Å². The lowest BCUT2D eigenvalue weighted by Crippen LogP contribution is -2.32. The van der Waals surface area contributed by atoms with E-state index in [-0.39, 0.29) is 18.0 Å². The Labute approximate surface area is 209 Å². The molecule has 0 radical (unpaired) electrons. The Morgan fingerprint density at radius 3 is 2.46 bits per heavy atom. The fraction of sp³-hybridized carbons (Fsp3) is 0.250. The molecule has 178 valence electrons. The number of anilines is 1. The van der Waals surface area contributed by atoms with Gasteiger partial charge in [0.05, 0.1) is 18.1 Å². The average molecular weight is 486 g/mol. The van der Waals surface area contributed by atoms with E-state index in [0.29, 0.717) is 28.8 Å². The average Bonchev–Trinajstić information content (AvgIpc) is 3.48. The number of furan rings is 1. The Morgan fingerprint density at radius 1 is 1.14 bits per heavy atom. The molecule has 1 aliphatic heterocycles. The van der Waals surface area contributed by atoms with Crippen LogP contribution in [0.15, 0.2) is 81.9 Å². The van der Waals surface area contributed by atoms with Gasteiger partial charge in [0.1, 0.15) is 22.4 Å². The maximum Gasteiger partial charge on any atom is 0.265 e. The highest BCUT2D eigenvalue weighted by atomic mass is 32.2. The quantitative estimate of drug-likeness (QED) is 0.355. The third-order valence-corrected chi connectivity index (χ3v) is 7.13. The third-order valence-electron chi connectivity index (χ3n) is 5.87. The minimum Gasteiger partial charge on any atom is -0.467 e. The molecule has 1 aromatic heterocycles. The van der Waals surface area contributed by atoms with Crippen molar-refractivity contribution < 1.29 is 14.0 Å². The van der Waals surface area contributed by atoms with Crippen LogP contribution in [0.2, 0.25) is 0 Å². The third kappa shape index (κ3) is 5.50. The zero-order chi connectivity index (χ0) is 24.9. The van der Waals surface area contributed by atoms with Gasteiger partial charge < -0.3 is 9.73 Å². The number of nitrogens with zero attached hydrogens (tertiary/aromatic N) is 2. The molecule has 1 fully saturated rings. The zero-order valence-electron chi connectivity index (χ0n) is 19.9. The van der Waals surface area contributed by atoms with Gasteiger partial charge in [-0.25, -0.2) is 0 Å². The van der Waals surface area contributed by atoms with E-state index in [0.717, 1.165) is 16.7 Å². The summed E-state index contributed by atoms with van der Waals surface area (Å²) in [6.07, 6.45) is 2.02. The van der Waals surface area contributed by atoms with E-state index in [1.807, 2.05) is 61.5 Å². The number of thioether (sulfide) groups is 1. The van der Waals surface area contributed by atoms with Gasteiger partial charge in [0.25, 0.3) is 5.91 Å². The molecule has 3 aromatic rings. The molecule has 0 aliphatic carbocycles. The molecular weight excluding hydrogens is 458 g/mol. The number of carbonyl (C=O) groups is 2. The van der Waals surface area contributed by atoms with E-state index in [1.165, 1.54) is 22.9 Å². The molecule has 6 nitrogen and oxygen atoms in total. The fourth-order valence-electron chi connectivity index (χ4n) is 3.84. The highest BCUT2D eigenvalue weighted by Crippen LogP contribution is 2.42. The van der Waals surface area contributed by atoms with Gasteiger partial charge in [-0.1, -0.05) is 67.6 Å². The number of amides is 2. The Balaban J connectivity index is 1.68. The lowest BCUT2D eigenvalue weighted by atomic mass is 10.0. The van der Waals surface area contributed by atoms with Crippen molar-refractivity contribution in [1.82, 2.24) is 5.32 Å². The van der Waals surface area contributed by atoms with Gasteiger partial charge in [-0.05, 0) is 54.7 Å². The molecule has 0 saturated carbocycles. The SMILES string of the molecule is Cc1ccc(CC2S/C(=C(/C#N)C(=O)NCc3ccco3)N(c3ccc(C(C)C)cc3)C2=O)cc1. The van der Waals surface area contributed by atoms with Crippen LogP contribution in [0.1, 0.15) is 42.2 Å². The number of hydrogen-bond acceptors (Lipinski definition) is 5. The van der Waals surface area contributed by atoms with Crippen LogP contribution in [0.4, 0.5) is 5.69 Å². The lowest BCUT2D eigenvalue weighted by Gasteiger charge is -2.19. The predicted molar refractivity (Wildman–Crippen MR) is 137 cm³/mol. The van der Waals surface area contributed by atoms with Crippen molar-refractivity contribution in [3.63, 3.8) is 0 Å². The molecule has 1 N–H and O–H groups in total. The number of aryl methyl sites for hydroxylation is 1. The van der Waals surface area contributed by atoms with Gasteiger partial charge >= 0.3 is 0 Å². The number of carbonyl (C=O) groups excluding carboxylic acids is 2. The molecule has 2 amide bonds. The summed E-state index contributed by atoms with van der Waals surface area (Å²) in [7, 11) is 0. The van der Waals surface area contributed by atoms with Crippen molar-refractivity contribution in [2.45, 2.75) is 44.9 Å². The van der Waals surface area contributed by atoms with Crippen LogP contribution in [0.25, 0.3) is 0 Å². The normalized spacial score (nSPS) is 16.9. The molecule has 1 aliphatic rings. The molecule has 1 unspecified atom stereocenters. The summed E-state index contributed by atoms with van der Waals surface area (Å²) in [6, 6.07) is 21.3. The first-order valence-corrected chi connectivity index (χ1v) is 12.4. The summed E-state index contributed by atoms with van der Waals surface area (Å²) in [4.78, 5) is 28.1. The van der Waals surface area contributed by atoms with Crippen LogP contribution in [0.5, 0.6) is 0 Å². The van der Waals surface area contributed by atoms with Crippen LogP contribution in [-0.2, 0) is 22.6 Å². The van der Waals surface area contributed by atoms with Gasteiger partial charge in [0, 0.05) is 5.69 Å². The van der Waals surface area contributed by atoms with Crippen molar-refractivity contribution in [3.05, 3.63) is 100.0 Å². The topological polar surface area (TPSA) is 86.3 Å². The fourth-order valence-corrected chi connectivity index (χ4v) is 5.15. The Hall–Kier alpha value is -3.76. The number of nitrogens with one attached hydrogen (secondary N) is 1. The Morgan fingerprint density at radius 2 is 1.86 bits per heavy atom. The van der Waals surface area contributed by atoms with Gasteiger partial charge in [0.2, 0.25) is 5.91 Å². The molecule has 2 aromatic carbocycles. The second-order valence-corrected chi connectivity index (χ2v) is 9.96. The number of hydrogen-bond donors (Lipinski definition) is 1. The zero-order valence-corrected chi connectivity index (χ0v) is 20.8. The summed E-state index contributed by atoms with van der Waals surface area (Å²) in [5, 5.41) is 12.6. The molecule has 0 spiro atoms. The van der Waals surface area contributed by atoms with E-state index in [9.17, 15) is 14.9 Å². The van der Waals surface area contributed by atoms with Gasteiger partial charge in [-0.2, -0.15) is 5.26 Å². The first kappa shape index (κ1) is 24.4. The standard InChI is InChI=1S/C28H27N3O3S/c1-18(2)21-10-12-22(13-11-21)31-27(33)25(15-20-8-6-19(3)7-9-20)35-28(31)24(16-29)26(32)30-17-23-5-4-14-34-23/h4-14,18,25H,15,17H2,1-3H3,(H,30,32)/b28-24-. The monoisotopic (exact) mass is 485 g/mol. The molecule has 1 atom stereocenters. The number of nitriles is 1.